The lowest BCUT2D eigenvalue weighted by Crippen LogP contribution is -2.39. The van der Waals surface area contributed by atoms with E-state index >= 15 is 0 Å². The van der Waals surface area contributed by atoms with Crippen molar-refractivity contribution in [1.29, 1.82) is 0 Å². The number of carbonyl (C=O) groups is 2. The van der Waals surface area contributed by atoms with Crippen LogP contribution in [0.15, 0.2) is 42.5 Å². The van der Waals surface area contributed by atoms with E-state index in [1.54, 1.807) is 0 Å². The molecule has 1 amide bonds. The van der Waals surface area contributed by atoms with Crippen molar-refractivity contribution in [1.82, 2.24) is 5.32 Å². The van der Waals surface area contributed by atoms with Crippen molar-refractivity contribution in [2.45, 2.75) is 89.1 Å². The Balaban J connectivity index is 1.63. The first kappa shape index (κ1) is 32.2. The zero-order valence-corrected chi connectivity index (χ0v) is 22.5. The highest BCUT2D eigenvalue weighted by molar-refractivity contribution is 5.84. The topological polar surface area (TPSA) is 168 Å². The Labute approximate surface area is 229 Å². The van der Waals surface area contributed by atoms with E-state index in [4.69, 9.17) is 4.74 Å². The minimum absolute atomic E-state index is 0.0749. The van der Waals surface area contributed by atoms with Gasteiger partial charge >= 0.3 is 5.97 Å². The van der Waals surface area contributed by atoms with Gasteiger partial charge in [-0.3, -0.25) is 4.79 Å². The number of nitrogens with zero attached hydrogens (tertiary/aromatic N) is 1. The van der Waals surface area contributed by atoms with Gasteiger partial charge in [-0.2, -0.15) is 0 Å². The molecule has 218 valence electrons. The molecule has 1 fully saturated rings. The lowest BCUT2D eigenvalue weighted by atomic mass is 9.85. The first-order valence-electron chi connectivity index (χ1n) is 13.6. The Kier molecular flexibility index (Phi) is 14.5. The minimum Gasteiger partial charge on any atom is -0.462 e. The summed E-state index contributed by atoms with van der Waals surface area (Å²) >= 11 is 0. The maximum Gasteiger partial charge on any atom is 0.328 e. The molecule has 1 aromatic carbocycles. The second-order valence-electron chi connectivity index (χ2n) is 10.1. The summed E-state index contributed by atoms with van der Waals surface area (Å²) in [7, 11) is 0. The molecule has 0 saturated heterocycles. The van der Waals surface area contributed by atoms with E-state index in [-0.39, 0.29) is 37.4 Å². The Morgan fingerprint density at radius 1 is 1.13 bits per heavy atom. The van der Waals surface area contributed by atoms with Gasteiger partial charge in [-0.15, -0.1) is 10.1 Å². The summed E-state index contributed by atoms with van der Waals surface area (Å²) in [5.41, 5.74) is 1.18. The summed E-state index contributed by atoms with van der Waals surface area (Å²) in [5.74, 6) is -1.17. The molecule has 0 heterocycles. The van der Waals surface area contributed by atoms with E-state index in [9.17, 15) is 35.0 Å². The Hall–Kier alpha value is -3.02. The second kappa shape index (κ2) is 17.5. The van der Waals surface area contributed by atoms with E-state index in [1.165, 1.54) is 12.5 Å². The van der Waals surface area contributed by atoms with Gasteiger partial charge in [0.05, 0.1) is 18.3 Å². The average Bonchev–Trinajstić information content (AvgIpc) is 3.17. The summed E-state index contributed by atoms with van der Waals surface area (Å²) < 4.78 is 4.80. The number of unbranched alkanes of at least 4 members (excludes halogenated alkanes) is 1. The van der Waals surface area contributed by atoms with Crippen LogP contribution in [0.1, 0.15) is 63.9 Å². The van der Waals surface area contributed by atoms with Gasteiger partial charge in [0.1, 0.15) is 19.3 Å². The standard InChI is InChI=1S/C28H42N2O9/c1-20(28(35)38-17-18-39-30(36)37)29-27(34)12-8-3-2-7-11-23-24(26(33)19-25(23)32)16-15-22(31)14-13-21-9-5-4-6-10-21/h2,4-7,9-10,20,22-26,31-33H,3,8,11-19H2,1H3,(H,29,34)/t20?,22-,23+,24+,25-,26+/m0/s1. The Morgan fingerprint density at radius 3 is 2.56 bits per heavy atom. The lowest BCUT2D eigenvalue weighted by Gasteiger charge is -2.23. The Bertz CT molecular complexity index is 912. The molecule has 0 spiro atoms. The summed E-state index contributed by atoms with van der Waals surface area (Å²) in [6, 6.07) is 9.13. The number of hydrogen-bond donors (Lipinski definition) is 4. The number of carbonyl (C=O) groups excluding carboxylic acids is 2. The van der Waals surface area contributed by atoms with Crippen LogP contribution in [0.4, 0.5) is 0 Å². The quantitative estimate of drug-likeness (QED) is 0.0705. The van der Waals surface area contributed by atoms with Crippen LogP contribution in [0.3, 0.4) is 0 Å². The lowest BCUT2D eigenvalue weighted by molar-refractivity contribution is -0.757. The zero-order chi connectivity index (χ0) is 28.6. The van der Waals surface area contributed by atoms with Gasteiger partial charge in [0.2, 0.25) is 5.91 Å². The number of rotatable bonds is 18. The second-order valence-corrected chi connectivity index (χ2v) is 10.1. The number of amides is 1. The molecule has 1 aromatic rings. The fourth-order valence-corrected chi connectivity index (χ4v) is 4.92. The van der Waals surface area contributed by atoms with Gasteiger partial charge in [0, 0.05) is 6.42 Å². The van der Waals surface area contributed by atoms with Crippen LogP contribution in [-0.2, 0) is 25.6 Å². The normalized spacial score (nSPS) is 22.4. The molecule has 0 radical (unpaired) electrons. The molecule has 1 aliphatic rings. The number of hydrogen-bond acceptors (Lipinski definition) is 9. The molecule has 1 aliphatic carbocycles. The number of ether oxygens (including phenoxy) is 1. The van der Waals surface area contributed by atoms with Crippen molar-refractivity contribution in [3.05, 3.63) is 58.2 Å². The average molecular weight is 551 g/mol. The van der Waals surface area contributed by atoms with Gasteiger partial charge in [-0.05, 0) is 75.7 Å². The molecular weight excluding hydrogens is 508 g/mol. The van der Waals surface area contributed by atoms with Crippen molar-refractivity contribution >= 4 is 11.9 Å². The van der Waals surface area contributed by atoms with E-state index in [0.29, 0.717) is 44.9 Å². The predicted molar refractivity (Wildman–Crippen MR) is 143 cm³/mol. The minimum atomic E-state index is -0.981. The molecule has 11 nitrogen and oxygen atoms in total. The predicted octanol–water partition coefficient (Wildman–Crippen LogP) is 2.49. The molecule has 0 aliphatic heterocycles. The van der Waals surface area contributed by atoms with Gasteiger partial charge < -0.3 is 30.2 Å². The van der Waals surface area contributed by atoms with Crippen molar-refractivity contribution in [3.8, 4) is 0 Å². The third kappa shape index (κ3) is 12.6. The summed E-state index contributed by atoms with van der Waals surface area (Å²) in [6.07, 6.45) is 7.33. The maximum atomic E-state index is 12.1. The van der Waals surface area contributed by atoms with Crippen molar-refractivity contribution in [3.63, 3.8) is 0 Å². The van der Waals surface area contributed by atoms with Crippen molar-refractivity contribution in [2.24, 2.45) is 11.8 Å². The highest BCUT2D eigenvalue weighted by Gasteiger charge is 2.40. The van der Waals surface area contributed by atoms with Crippen LogP contribution in [0.25, 0.3) is 0 Å². The number of aryl methyl sites for hydroxylation is 1. The van der Waals surface area contributed by atoms with Crippen LogP contribution in [0.2, 0.25) is 0 Å². The van der Waals surface area contributed by atoms with E-state index in [1.807, 2.05) is 42.5 Å². The molecule has 11 heteroatoms. The number of allylic oxidation sites excluding steroid dienone is 2. The summed E-state index contributed by atoms with van der Waals surface area (Å²) in [6.45, 7) is 0.807. The molecule has 0 aromatic heterocycles. The molecule has 1 unspecified atom stereocenters. The number of aliphatic hydroxyl groups excluding tert-OH is 3. The van der Waals surface area contributed by atoms with Crippen molar-refractivity contribution in [2.75, 3.05) is 13.2 Å². The molecule has 1 saturated carbocycles. The first-order valence-corrected chi connectivity index (χ1v) is 13.6. The fourth-order valence-electron chi connectivity index (χ4n) is 4.92. The highest BCUT2D eigenvalue weighted by Crippen LogP contribution is 2.38. The van der Waals surface area contributed by atoms with Crippen molar-refractivity contribution < 1.29 is 39.6 Å². The van der Waals surface area contributed by atoms with Crippen LogP contribution in [-0.4, -0.2) is 69.9 Å². The Morgan fingerprint density at radius 2 is 1.85 bits per heavy atom. The smallest absolute Gasteiger partial charge is 0.328 e. The molecule has 2 rings (SSSR count). The van der Waals surface area contributed by atoms with Crippen LogP contribution in [0.5, 0.6) is 0 Å². The number of esters is 1. The van der Waals surface area contributed by atoms with Gasteiger partial charge in [-0.1, -0.05) is 42.5 Å². The highest BCUT2D eigenvalue weighted by atomic mass is 17.0. The number of aliphatic hydroxyl groups is 3. The van der Waals surface area contributed by atoms with Crippen LogP contribution in [0, 0.1) is 22.0 Å². The summed E-state index contributed by atoms with van der Waals surface area (Å²) in [4.78, 5) is 38.0. The van der Waals surface area contributed by atoms with E-state index < -0.39 is 35.4 Å². The van der Waals surface area contributed by atoms with Gasteiger partial charge in [0.15, 0.2) is 0 Å². The molecule has 6 atom stereocenters. The molecule has 39 heavy (non-hydrogen) atoms. The third-order valence-corrected chi connectivity index (χ3v) is 7.07. The largest absolute Gasteiger partial charge is 0.462 e. The zero-order valence-electron chi connectivity index (χ0n) is 22.5. The van der Waals surface area contributed by atoms with Crippen LogP contribution >= 0.6 is 0 Å². The maximum absolute atomic E-state index is 12.1. The molecular formula is C28H42N2O9. The molecule has 0 bridgehead atoms. The van der Waals surface area contributed by atoms with E-state index in [2.05, 4.69) is 10.2 Å². The molecule has 4 N–H and O–H groups in total. The van der Waals surface area contributed by atoms with Gasteiger partial charge in [0.25, 0.3) is 5.09 Å². The monoisotopic (exact) mass is 550 g/mol. The third-order valence-electron chi connectivity index (χ3n) is 7.07. The van der Waals surface area contributed by atoms with E-state index in [0.717, 1.165) is 6.42 Å². The first-order chi connectivity index (χ1) is 18.7. The van der Waals surface area contributed by atoms with Gasteiger partial charge in [-0.25, -0.2) is 4.79 Å². The SMILES string of the molecule is CC(NC(=O)CCCC=CC[C@@H]1[C@@H](CC[C@@H](O)CCc2ccccc2)[C@H](O)C[C@@H]1O)C(=O)OCCO[N+](=O)[O-]. The van der Waals surface area contributed by atoms with Crippen LogP contribution < -0.4 is 5.32 Å². The number of nitrogens with one attached hydrogen (secondary N) is 1. The summed E-state index contributed by atoms with van der Waals surface area (Å²) in [5, 5.41) is 43.0. The number of benzene rings is 1. The fraction of sp³-hybridized carbons (Fsp3) is 0.643.